The van der Waals surface area contributed by atoms with Crippen LogP contribution >= 0.6 is 23.2 Å². The molecule has 0 aliphatic heterocycles. The Labute approximate surface area is 127 Å². The molecule has 0 fully saturated rings. The first kappa shape index (κ1) is 14.7. The van der Waals surface area contributed by atoms with Crippen LogP contribution in [0.5, 0.6) is 5.75 Å². The smallest absolute Gasteiger partial charge is 0.135 e. The molecular formula is C16H11Cl2FO. The number of alkyl halides is 1. The van der Waals surface area contributed by atoms with Crippen molar-refractivity contribution >= 4 is 23.2 Å². The first-order chi connectivity index (χ1) is 9.69. The molecule has 0 atom stereocenters. The lowest BCUT2D eigenvalue weighted by Gasteiger charge is -2.08. The quantitative estimate of drug-likeness (QED) is 0.592. The molecule has 0 bridgehead atoms. The van der Waals surface area contributed by atoms with Crippen LogP contribution in [0.2, 0.25) is 5.02 Å². The van der Waals surface area contributed by atoms with E-state index in [0.717, 1.165) is 5.56 Å². The van der Waals surface area contributed by atoms with Gasteiger partial charge in [0.25, 0.3) is 0 Å². The normalized spacial score (nSPS) is 9.75. The number of hydrogen-bond acceptors (Lipinski definition) is 1. The minimum Gasteiger partial charge on any atom is -0.488 e. The molecule has 0 saturated carbocycles. The van der Waals surface area contributed by atoms with Crippen LogP contribution in [-0.4, -0.2) is 5.88 Å². The van der Waals surface area contributed by atoms with Crippen LogP contribution in [0.1, 0.15) is 11.1 Å². The van der Waals surface area contributed by atoms with Gasteiger partial charge in [-0.2, -0.15) is 0 Å². The molecule has 0 heterocycles. The van der Waals surface area contributed by atoms with Crippen molar-refractivity contribution in [3.63, 3.8) is 0 Å². The van der Waals surface area contributed by atoms with E-state index in [9.17, 15) is 4.39 Å². The minimum absolute atomic E-state index is 0.185. The van der Waals surface area contributed by atoms with Gasteiger partial charge in [0.05, 0.1) is 11.4 Å². The summed E-state index contributed by atoms with van der Waals surface area (Å²) < 4.78 is 18.9. The zero-order valence-corrected chi connectivity index (χ0v) is 12.0. The predicted molar refractivity (Wildman–Crippen MR) is 79.8 cm³/mol. The van der Waals surface area contributed by atoms with Crippen molar-refractivity contribution in [2.75, 3.05) is 5.88 Å². The van der Waals surface area contributed by atoms with Gasteiger partial charge in [-0.1, -0.05) is 35.6 Å². The zero-order valence-electron chi connectivity index (χ0n) is 10.5. The standard InChI is InChI=1S/C16H11Cl2FO/c17-8-2-4-13-10-15(19)6-7-16(13)20-11-12-3-1-5-14(18)9-12/h1,3,5-7,9-10H,8,11H2. The first-order valence-electron chi connectivity index (χ1n) is 5.90. The third-order valence-electron chi connectivity index (χ3n) is 2.51. The summed E-state index contributed by atoms with van der Waals surface area (Å²) in [6.07, 6.45) is 0. The first-order valence-corrected chi connectivity index (χ1v) is 6.82. The summed E-state index contributed by atoms with van der Waals surface area (Å²) in [6, 6.07) is 11.6. The number of hydrogen-bond donors (Lipinski definition) is 0. The molecule has 0 radical (unpaired) electrons. The summed E-state index contributed by atoms with van der Waals surface area (Å²) in [5.41, 5.74) is 1.41. The lowest BCUT2D eigenvalue weighted by molar-refractivity contribution is 0.305. The summed E-state index contributed by atoms with van der Waals surface area (Å²) in [5.74, 6) is 5.81. The average molecular weight is 309 g/mol. The van der Waals surface area contributed by atoms with E-state index in [4.69, 9.17) is 27.9 Å². The van der Waals surface area contributed by atoms with Crippen molar-refractivity contribution in [1.29, 1.82) is 0 Å². The topological polar surface area (TPSA) is 9.23 Å². The molecule has 0 amide bonds. The van der Waals surface area contributed by atoms with Gasteiger partial charge in [-0.15, -0.1) is 11.6 Å². The second kappa shape index (κ2) is 7.19. The van der Waals surface area contributed by atoms with E-state index in [1.54, 1.807) is 12.1 Å². The van der Waals surface area contributed by atoms with Crippen molar-refractivity contribution in [2.24, 2.45) is 0 Å². The van der Waals surface area contributed by atoms with Crippen molar-refractivity contribution in [2.45, 2.75) is 6.61 Å². The highest BCUT2D eigenvalue weighted by Gasteiger charge is 2.04. The van der Waals surface area contributed by atoms with Crippen LogP contribution in [-0.2, 0) is 6.61 Å². The van der Waals surface area contributed by atoms with E-state index in [0.29, 0.717) is 22.9 Å². The van der Waals surface area contributed by atoms with Gasteiger partial charge in [0.2, 0.25) is 0 Å². The van der Waals surface area contributed by atoms with E-state index in [2.05, 4.69) is 11.8 Å². The van der Waals surface area contributed by atoms with E-state index in [1.165, 1.54) is 12.1 Å². The second-order valence-corrected chi connectivity index (χ2v) is 4.70. The zero-order chi connectivity index (χ0) is 14.4. The minimum atomic E-state index is -0.362. The summed E-state index contributed by atoms with van der Waals surface area (Å²) in [7, 11) is 0. The second-order valence-electron chi connectivity index (χ2n) is 3.99. The Balaban J connectivity index is 2.16. The molecule has 0 unspecified atom stereocenters. The summed E-state index contributed by atoms with van der Waals surface area (Å²) >= 11 is 11.4. The maximum absolute atomic E-state index is 13.2. The highest BCUT2D eigenvalue weighted by atomic mass is 35.5. The molecular weight excluding hydrogens is 298 g/mol. The van der Waals surface area contributed by atoms with Crippen LogP contribution in [0.25, 0.3) is 0 Å². The highest BCUT2D eigenvalue weighted by molar-refractivity contribution is 6.30. The number of benzene rings is 2. The lowest BCUT2D eigenvalue weighted by Crippen LogP contribution is -1.97. The fourth-order valence-electron chi connectivity index (χ4n) is 1.64. The maximum Gasteiger partial charge on any atom is 0.135 e. The largest absolute Gasteiger partial charge is 0.488 e. The van der Waals surface area contributed by atoms with Crippen LogP contribution in [0.3, 0.4) is 0 Å². The molecule has 0 aliphatic rings. The van der Waals surface area contributed by atoms with Gasteiger partial charge in [-0.05, 0) is 35.9 Å². The van der Waals surface area contributed by atoms with Gasteiger partial charge in [0.15, 0.2) is 0 Å². The fourth-order valence-corrected chi connectivity index (χ4v) is 1.92. The molecule has 4 heteroatoms. The Kier molecular flexibility index (Phi) is 5.29. The lowest BCUT2D eigenvalue weighted by atomic mass is 10.2. The number of ether oxygens (including phenoxy) is 1. The van der Waals surface area contributed by atoms with Gasteiger partial charge in [-0.3, -0.25) is 0 Å². The highest BCUT2D eigenvalue weighted by Crippen LogP contribution is 2.21. The van der Waals surface area contributed by atoms with E-state index < -0.39 is 0 Å². The summed E-state index contributed by atoms with van der Waals surface area (Å²) in [4.78, 5) is 0. The van der Waals surface area contributed by atoms with Gasteiger partial charge in [0, 0.05) is 5.02 Å². The fraction of sp³-hybridized carbons (Fsp3) is 0.125. The number of rotatable bonds is 3. The molecule has 0 aliphatic carbocycles. The number of halogens is 3. The average Bonchev–Trinajstić information content (AvgIpc) is 2.44. The Morgan fingerprint density at radius 2 is 2.00 bits per heavy atom. The molecule has 0 spiro atoms. The van der Waals surface area contributed by atoms with Crippen molar-refractivity contribution in [3.05, 3.63) is 64.4 Å². The SMILES string of the molecule is Fc1ccc(OCc2cccc(Cl)c2)c(C#CCCl)c1. The van der Waals surface area contributed by atoms with Gasteiger partial charge in [0.1, 0.15) is 18.2 Å². The van der Waals surface area contributed by atoms with Gasteiger partial charge >= 0.3 is 0 Å². The third kappa shape index (κ3) is 4.16. The van der Waals surface area contributed by atoms with Crippen LogP contribution in [0.15, 0.2) is 42.5 Å². The Bertz CT molecular complexity index is 659. The molecule has 102 valence electrons. The van der Waals surface area contributed by atoms with Gasteiger partial charge < -0.3 is 4.74 Å². The molecule has 0 N–H and O–H groups in total. The van der Waals surface area contributed by atoms with Crippen molar-refractivity contribution < 1.29 is 9.13 Å². The van der Waals surface area contributed by atoms with E-state index >= 15 is 0 Å². The maximum atomic E-state index is 13.2. The third-order valence-corrected chi connectivity index (χ3v) is 2.88. The van der Waals surface area contributed by atoms with Crippen LogP contribution in [0, 0.1) is 17.7 Å². The molecule has 0 aromatic heterocycles. The summed E-state index contributed by atoms with van der Waals surface area (Å²) in [6.45, 7) is 0.335. The van der Waals surface area contributed by atoms with E-state index in [1.807, 2.05) is 18.2 Å². The van der Waals surface area contributed by atoms with E-state index in [-0.39, 0.29) is 11.7 Å². The molecule has 2 rings (SSSR count). The summed E-state index contributed by atoms with van der Waals surface area (Å²) in [5, 5.41) is 0.646. The molecule has 1 nitrogen and oxygen atoms in total. The van der Waals surface area contributed by atoms with Crippen LogP contribution in [0.4, 0.5) is 4.39 Å². The Hall–Kier alpha value is -1.69. The van der Waals surface area contributed by atoms with Crippen LogP contribution < -0.4 is 4.74 Å². The van der Waals surface area contributed by atoms with Gasteiger partial charge in [-0.25, -0.2) is 4.39 Å². The molecule has 0 saturated heterocycles. The Morgan fingerprint density at radius 3 is 2.75 bits per heavy atom. The molecule has 2 aromatic carbocycles. The Morgan fingerprint density at radius 1 is 1.15 bits per heavy atom. The molecule has 20 heavy (non-hydrogen) atoms. The predicted octanol–water partition coefficient (Wildman–Crippen LogP) is 4.65. The van der Waals surface area contributed by atoms with Crippen molar-refractivity contribution in [1.82, 2.24) is 0 Å². The monoisotopic (exact) mass is 308 g/mol. The van der Waals surface area contributed by atoms with Crippen molar-refractivity contribution in [3.8, 4) is 17.6 Å². The molecule has 2 aromatic rings.